The zero-order chi connectivity index (χ0) is 23.7. The molecule has 0 saturated carbocycles. The number of nitrogens with zero attached hydrogens (tertiary/aromatic N) is 2. The van der Waals surface area contributed by atoms with Crippen LogP contribution in [-0.2, 0) is 9.53 Å². The van der Waals surface area contributed by atoms with E-state index < -0.39 is 12.0 Å². The number of methoxy groups -OCH3 is 1. The third kappa shape index (κ3) is 4.21. The van der Waals surface area contributed by atoms with Crippen molar-refractivity contribution in [1.29, 1.82) is 0 Å². The molecule has 0 radical (unpaired) electrons. The lowest BCUT2D eigenvalue weighted by atomic mass is 9.95. The summed E-state index contributed by atoms with van der Waals surface area (Å²) in [6.07, 6.45) is 1.72. The van der Waals surface area contributed by atoms with Crippen molar-refractivity contribution in [3.63, 3.8) is 0 Å². The zero-order valence-corrected chi connectivity index (χ0v) is 19.6. The number of phenols is 1. The highest BCUT2D eigenvalue weighted by atomic mass is 32.1. The number of ether oxygens (including phenoxy) is 2. The average Bonchev–Trinajstić information content (AvgIpc) is 3.09. The number of fused-ring (bicyclic) bond motifs is 1. The first-order chi connectivity index (χ1) is 15.8. The van der Waals surface area contributed by atoms with E-state index in [4.69, 9.17) is 9.47 Å². The maximum Gasteiger partial charge on any atom is 0.338 e. The van der Waals surface area contributed by atoms with Gasteiger partial charge in [0.05, 0.1) is 35.6 Å². The number of allylic oxidation sites excluding steroid dienone is 1. The second-order valence-electron chi connectivity index (χ2n) is 7.64. The molecular formula is C25H24N2O5S. The lowest BCUT2D eigenvalue weighted by Crippen LogP contribution is -2.39. The average molecular weight is 465 g/mol. The van der Waals surface area contributed by atoms with Gasteiger partial charge in [-0.25, -0.2) is 9.79 Å². The van der Waals surface area contributed by atoms with Crippen LogP contribution in [0.5, 0.6) is 11.5 Å². The Hall–Kier alpha value is -3.65. The van der Waals surface area contributed by atoms with E-state index in [1.54, 1.807) is 36.6 Å². The molecule has 0 fully saturated rings. The van der Waals surface area contributed by atoms with Gasteiger partial charge in [-0.3, -0.25) is 9.36 Å². The molecule has 0 aliphatic carbocycles. The molecule has 1 aliphatic heterocycles. The highest BCUT2D eigenvalue weighted by Crippen LogP contribution is 2.31. The van der Waals surface area contributed by atoms with Gasteiger partial charge in [0.1, 0.15) is 0 Å². The summed E-state index contributed by atoms with van der Waals surface area (Å²) >= 11 is 1.25. The maximum absolute atomic E-state index is 13.5. The molecule has 33 heavy (non-hydrogen) atoms. The number of hydrogen-bond acceptors (Lipinski definition) is 7. The van der Waals surface area contributed by atoms with E-state index >= 15 is 0 Å². The van der Waals surface area contributed by atoms with Crippen LogP contribution < -0.4 is 19.6 Å². The lowest BCUT2D eigenvalue weighted by molar-refractivity contribution is -0.139. The summed E-state index contributed by atoms with van der Waals surface area (Å²) in [6, 6.07) is 12.0. The first kappa shape index (κ1) is 22.5. The summed E-state index contributed by atoms with van der Waals surface area (Å²) in [5.41, 5.74) is 3.20. The van der Waals surface area contributed by atoms with Gasteiger partial charge in [0.15, 0.2) is 16.3 Å². The Bertz CT molecular complexity index is 1430. The SMILES string of the molecule is CCOC(=O)C1=C(C)N=c2sc(=Cc3ccc(O)c(OC)c3)c(=O)n2C1c1ccc(C)cc1. The second kappa shape index (κ2) is 9.07. The Morgan fingerprint density at radius 3 is 2.61 bits per heavy atom. The topological polar surface area (TPSA) is 90.1 Å². The zero-order valence-electron chi connectivity index (χ0n) is 18.8. The van der Waals surface area contributed by atoms with E-state index in [1.807, 2.05) is 31.2 Å². The van der Waals surface area contributed by atoms with Crippen LogP contribution in [0.15, 0.2) is 63.5 Å². The van der Waals surface area contributed by atoms with Crippen LogP contribution in [0.2, 0.25) is 0 Å². The van der Waals surface area contributed by atoms with Gasteiger partial charge in [-0.15, -0.1) is 0 Å². The molecule has 0 saturated heterocycles. The minimum Gasteiger partial charge on any atom is -0.504 e. The minimum atomic E-state index is -0.641. The van der Waals surface area contributed by atoms with Gasteiger partial charge in [0.25, 0.3) is 5.56 Å². The monoisotopic (exact) mass is 464 g/mol. The highest BCUT2D eigenvalue weighted by molar-refractivity contribution is 7.07. The Labute approximate surface area is 194 Å². The Kier molecular flexibility index (Phi) is 6.20. The number of phenolic OH excluding ortho intramolecular Hbond substituents is 1. The second-order valence-corrected chi connectivity index (χ2v) is 8.65. The minimum absolute atomic E-state index is 0.0187. The van der Waals surface area contributed by atoms with Gasteiger partial charge in [0.2, 0.25) is 0 Å². The molecule has 170 valence electrons. The van der Waals surface area contributed by atoms with Crippen molar-refractivity contribution < 1.29 is 19.4 Å². The third-order valence-corrected chi connectivity index (χ3v) is 6.39. The van der Waals surface area contributed by atoms with Crippen molar-refractivity contribution in [2.24, 2.45) is 4.99 Å². The number of carbonyl (C=O) groups is 1. The lowest BCUT2D eigenvalue weighted by Gasteiger charge is -2.24. The van der Waals surface area contributed by atoms with E-state index in [0.29, 0.717) is 31.9 Å². The van der Waals surface area contributed by atoms with Crippen molar-refractivity contribution in [2.45, 2.75) is 26.8 Å². The summed E-state index contributed by atoms with van der Waals surface area (Å²) in [4.78, 5) is 31.5. The van der Waals surface area contributed by atoms with E-state index in [2.05, 4.69) is 4.99 Å². The summed E-state index contributed by atoms with van der Waals surface area (Å²) < 4.78 is 12.5. The number of esters is 1. The van der Waals surface area contributed by atoms with Gasteiger partial charge < -0.3 is 14.6 Å². The Balaban J connectivity index is 1.94. The van der Waals surface area contributed by atoms with Gasteiger partial charge in [-0.1, -0.05) is 47.2 Å². The van der Waals surface area contributed by atoms with E-state index in [-0.39, 0.29) is 17.9 Å². The molecule has 0 spiro atoms. The molecular weight excluding hydrogens is 440 g/mol. The summed E-state index contributed by atoms with van der Waals surface area (Å²) in [7, 11) is 1.47. The van der Waals surface area contributed by atoms with Gasteiger partial charge in [0, 0.05) is 0 Å². The maximum atomic E-state index is 13.5. The molecule has 0 amide bonds. The van der Waals surface area contributed by atoms with Gasteiger partial charge >= 0.3 is 5.97 Å². The first-order valence-corrected chi connectivity index (χ1v) is 11.3. The molecule has 1 aromatic heterocycles. The summed E-state index contributed by atoms with van der Waals surface area (Å²) in [6.45, 7) is 5.71. The number of hydrogen-bond donors (Lipinski definition) is 1. The number of thiazole rings is 1. The van der Waals surface area contributed by atoms with Crippen molar-refractivity contribution in [2.75, 3.05) is 13.7 Å². The fraction of sp³-hybridized carbons (Fsp3) is 0.240. The predicted molar refractivity (Wildman–Crippen MR) is 126 cm³/mol. The number of aromatic hydroxyl groups is 1. The van der Waals surface area contributed by atoms with E-state index in [9.17, 15) is 14.7 Å². The van der Waals surface area contributed by atoms with Crippen LogP contribution >= 0.6 is 11.3 Å². The van der Waals surface area contributed by atoms with E-state index in [0.717, 1.165) is 11.1 Å². The van der Waals surface area contributed by atoms with Crippen LogP contribution in [0.4, 0.5) is 0 Å². The molecule has 4 rings (SSSR count). The number of rotatable bonds is 5. The Morgan fingerprint density at radius 2 is 1.94 bits per heavy atom. The smallest absolute Gasteiger partial charge is 0.338 e. The standard InChI is InChI=1S/C25H24N2O5S/c1-5-32-24(30)21-15(3)26-25-27(22(21)17-9-6-14(2)7-10-17)23(29)20(33-25)13-16-8-11-18(28)19(12-16)31-4/h6-13,22,28H,5H2,1-4H3. The fourth-order valence-corrected chi connectivity index (χ4v) is 4.84. The van der Waals surface area contributed by atoms with Crippen LogP contribution in [0.3, 0.4) is 0 Å². The molecule has 0 bridgehead atoms. The predicted octanol–water partition coefficient (Wildman–Crippen LogP) is 2.82. The molecule has 1 N–H and O–H groups in total. The molecule has 2 aromatic carbocycles. The molecule has 8 heteroatoms. The highest BCUT2D eigenvalue weighted by Gasteiger charge is 2.33. The van der Waals surface area contributed by atoms with Crippen LogP contribution in [-0.4, -0.2) is 29.4 Å². The van der Waals surface area contributed by atoms with E-state index in [1.165, 1.54) is 24.5 Å². The molecule has 1 atom stereocenters. The Morgan fingerprint density at radius 1 is 1.21 bits per heavy atom. The summed E-state index contributed by atoms with van der Waals surface area (Å²) in [5, 5.41) is 9.86. The molecule has 7 nitrogen and oxygen atoms in total. The van der Waals surface area contributed by atoms with Gasteiger partial charge in [-0.05, 0) is 50.1 Å². The number of aryl methyl sites for hydroxylation is 1. The van der Waals surface area contributed by atoms with Crippen molar-refractivity contribution in [1.82, 2.24) is 4.57 Å². The van der Waals surface area contributed by atoms with Crippen LogP contribution in [0, 0.1) is 6.92 Å². The van der Waals surface area contributed by atoms with Crippen LogP contribution in [0.1, 0.15) is 36.6 Å². The normalized spacial score (nSPS) is 15.8. The quantitative estimate of drug-likeness (QED) is 0.587. The third-order valence-electron chi connectivity index (χ3n) is 5.41. The number of carbonyl (C=O) groups excluding carboxylic acids is 1. The molecule has 1 unspecified atom stereocenters. The largest absolute Gasteiger partial charge is 0.504 e. The summed E-state index contributed by atoms with van der Waals surface area (Å²) in [5.74, 6) is -0.151. The molecule has 1 aliphatic rings. The van der Waals surface area contributed by atoms with Crippen molar-refractivity contribution >= 4 is 23.4 Å². The first-order valence-electron chi connectivity index (χ1n) is 10.5. The van der Waals surface area contributed by atoms with Crippen molar-refractivity contribution in [3.05, 3.63) is 90.1 Å². The molecule has 2 heterocycles. The van der Waals surface area contributed by atoms with Crippen molar-refractivity contribution in [3.8, 4) is 11.5 Å². The molecule has 3 aromatic rings. The number of aromatic nitrogens is 1. The fourth-order valence-electron chi connectivity index (χ4n) is 3.79. The van der Waals surface area contributed by atoms with Crippen LogP contribution in [0.25, 0.3) is 6.08 Å². The van der Waals surface area contributed by atoms with Gasteiger partial charge in [-0.2, -0.15) is 0 Å². The number of benzene rings is 2.